The zero-order chi connectivity index (χ0) is 14.4. The van der Waals surface area contributed by atoms with E-state index in [0.29, 0.717) is 24.5 Å². The molecule has 1 heterocycles. The lowest BCUT2D eigenvalue weighted by Crippen LogP contribution is -2.27. The SMILES string of the molecule is COc1ccccc1NC(=O)COC(=O)[C@@H]1CCCO1. The Bertz CT molecular complexity index is 482. The van der Waals surface area contributed by atoms with Gasteiger partial charge >= 0.3 is 5.97 Å². The fourth-order valence-electron chi connectivity index (χ4n) is 1.93. The van der Waals surface area contributed by atoms with E-state index in [4.69, 9.17) is 14.2 Å². The fourth-order valence-corrected chi connectivity index (χ4v) is 1.93. The summed E-state index contributed by atoms with van der Waals surface area (Å²) in [6.45, 7) is 0.226. The van der Waals surface area contributed by atoms with E-state index in [-0.39, 0.29) is 6.61 Å². The molecule has 1 aliphatic rings. The van der Waals surface area contributed by atoms with E-state index in [1.165, 1.54) is 7.11 Å². The molecule has 0 unspecified atom stereocenters. The average Bonchev–Trinajstić information content (AvgIpc) is 2.99. The third-order valence-electron chi connectivity index (χ3n) is 2.92. The number of amides is 1. The highest BCUT2D eigenvalue weighted by Gasteiger charge is 2.25. The minimum atomic E-state index is -0.533. The van der Waals surface area contributed by atoms with Crippen molar-refractivity contribution in [3.63, 3.8) is 0 Å². The normalized spacial score (nSPS) is 17.6. The molecule has 6 nitrogen and oxygen atoms in total. The largest absolute Gasteiger partial charge is 0.495 e. The Hall–Kier alpha value is -2.08. The Morgan fingerprint density at radius 3 is 2.90 bits per heavy atom. The molecule has 1 N–H and O–H groups in total. The summed E-state index contributed by atoms with van der Waals surface area (Å²) in [5, 5.41) is 2.63. The van der Waals surface area contributed by atoms with Gasteiger partial charge in [-0.3, -0.25) is 4.79 Å². The van der Waals surface area contributed by atoms with Gasteiger partial charge < -0.3 is 19.5 Å². The standard InChI is InChI=1S/C14H17NO5/c1-18-11-6-3-2-5-10(11)15-13(16)9-20-14(17)12-7-4-8-19-12/h2-3,5-6,12H,4,7-9H2,1H3,(H,15,16)/t12-/m0/s1. The van der Waals surface area contributed by atoms with Gasteiger partial charge in [0.1, 0.15) is 5.75 Å². The average molecular weight is 279 g/mol. The lowest BCUT2D eigenvalue weighted by Gasteiger charge is -2.11. The maximum Gasteiger partial charge on any atom is 0.335 e. The first-order chi connectivity index (χ1) is 9.70. The predicted octanol–water partition coefficient (Wildman–Crippen LogP) is 1.36. The number of methoxy groups -OCH3 is 1. The number of benzene rings is 1. The molecule has 1 aromatic carbocycles. The van der Waals surface area contributed by atoms with Gasteiger partial charge in [-0.05, 0) is 25.0 Å². The van der Waals surface area contributed by atoms with E-state index in [0.717, 1.165) is 6.42 Å². The number of para-hydroxylation sites is 2. The molecule has 20 heavy (non-hydrogen) atoms. The van der Waals surface area contributed by atoms with Crippen molar-refractivity contribution < 1.29 is 23.8 Å². The lowest BCUT2D eigenvalue weighted by molar-refractivity contribution is -0.156. The monoisotopic (exact) mass is 279 g/mol. The highest BCUT2D eigenvalue weighted by molar-refractivity contribution is 5.94. The zero-order valence-corrected chi connectivity index (χ0v) is 11.3. The zero-order valence-electron chi connectivity index (χ0n) is 11.3. The molecule has 6 heteroatoms. The van der Waals surface area contributed by atoms with Crippen molar-refractivity contribution in [1.82, 2.24) is 0 Å². The Balaban J connectivity index is 1.81. The van der Waals surface area contributed by atoms with Crippen LogP contribution in [0.1, 0.15) is 12.8 Å². The number of rotatable bonds is 5. The Labute approximate surface area is 117 Å². The van der Waals surface area contributed by atoms with Crippen molar-refractivity contribution in [3.05, 3.63) is 24.3 Å². The van der Waals surface area contributed by atoms with E-state index < -0.39 is 18.0 Å². The van der Waals surface area contributed by atoms with Crippen molar-refractivity contribution in [1.29, 1.82) is 0 Å². The van der Waals surface area contributed by atoms with Gasteiger partial charge in [0, 0.05) is 6.61 Å². The highest BCUT2D eigenvalue weighted by atomic mass is 16.6. The second-order valence-corrected chi connectivity index (χ2v) is 4.36. The van der Waals surface area contributed by atoms with Gasteiger partial charge in [0.25, 0.3) is 5.91 Å². The summed E-state index contributed by atoms with van der Waals surface area (Å²) in [5.41, 5.74) is 0.535. The number of nitrogens with one attached hydrogen (secondary N) is 1. The van der Waals surface area contributed by atoms with Crippen LogP contribution in [0, 0.1) is 0 Å². The number of esters is 1. The first-order valence-corrected chi connectivity index (χ1v) is 6.42. The van der Waals surface area contributed by atoms with Crippen LogP contribution in [0.15, 0.2) is 24.3 Å². The number of ether oxygens (including phenoxy) is 3. The first kappa shape index (κ1) is 14.3. The Morgan fingerprint density at radius 2 is 2.20 bits per heavy atom. The Kier molecular flexibility index (Phi) is 4.95. The third kappa shape index (κ3) is 3.71. The minimum Gasteiger partial charge on any atom is -0.495 e. The maximum atomic E-state index is 11.7. The van der Waals surface area contributed by atoms with Gasteiger partial charge in [0.2, 0.25) is 0 Å². The molecule has 0 radical (unpaired) electrons. The summed E-state index contributed by atoms with van der Waals surface area (Å²) in [6.07, 6.45) is 0.953. The molecule has 1 aliphatic heterocycles. The number of hydrogen-bond donors (Lipinski definition) is 1. The first-order valence-electron chi connectivity index (χ1n) is 6.42. The molecule has 1 fully saturated rings. The summed E-state index contributed by atoms with van der Waals surface area (Å²) in [4.78, 5) is 23.3. The maximum absolute atomic E-state index is 11.7. The van der Waals surface area contributed by atoms with Crippen LogP contribution in [0.2, 0.25) is 0 Å². The Morgan fingerprint density at radius 1 is 1.40 bits per heavy atom. The second kappa shape index (κ2) is 6.91. The van der Waals surface area contributed by atoms with Crippen LogP contribution < -0.4 is 10.1 Å². The molecule has 1 amide bonds. The topological polar surface area (TPSA) is 73.9 Å². The number of carbonyl (C=O) groups excluding carboxylic acids is 2. The fraction of sp³-hybridized carbons (Fsp3) is 0.429. The van der Waals surface area contributed by atoms with Gasteiger partial charge in [-0.15, -0.1) is 0 Å². The minimum absolute atomic E-state index is 0.337. The molecule has 0 aliphatic carbocycles. The van der Waals surface area contributed by atoms with Crippen LogP contribution in [0.5, 0.6) is 5.75 Å². The second-order valence-electron chi connectivity index (χ2n) is 4.36. The summed E-state index contributed by atoms with van der Waals surface area (Å²) < 4.78 is 15.2. The van der Waals surface area contributed by atoms with E-state index in [1.54, 1.807) is 24.3 Å². The molecule has 108 valence electrons. The molecule has 1 atom stereocenters. The lowest BCUT2D eigenvalue weighted by atomic mass is 10.2. The third-order valence-corrected chi connectivity index (χ3v) is 2.92. The summed E-state index contributed by atoms with van der Waals surface area (Å²) in [5.74, 6) is -0.357. The van der Waals surface area contributed by atoms with Crippen LogP contribution in [0.25, 0.3) is 0 Å². The molecular weight excluding hydrogens is 262 g/mol. The molecule has 0 saturated carbocycles. The summed E-state index contributed by atoms with van der Waals surface area (Å²) in [7, 11) is 1.52. The number of carbonyl (C=O) groups is 2. The smallest absolute Gasteiger partial charge is 0.335 e. The van der Waals surface area contributed by atoms with Crippen LogP contribution in [0.4, 0.5) is 5.69 Å². The quantitative estimate of drug-likeness (QED) is 0.824. The predicted molar refractivity (Wildman–Crippen MR) is 71.6 cm³/mol. The van der Waals surface area contributed by atoms with Gasteiger partial charge in [0.05, 0.1) is 12.8 Å². The van der Waals surface area contributed by atoms with Crippen molar-refractivity contribution in [2.75, 3.05) is 25.6 Å². The van der Waals surface area contributed by atoms with Crippen molar-refractivity contribution in [2.24, 2.45) is 0 Å². The molecule has 0 aromatic heterocycles. The molecule has 0 bridgehead atoms. The highest BCUT2D eigenvalue weighted by Crippen LogP contribution is 2.22. The van der Waals surface area contributed by atoms with Crippen molar-refractivity contribution >= 4 is 17.6 Å². The van der Waals surface area contributed by atoms with Crippen LogP contribution >= 0.6 is 0 Å². The summed E-state index contributed by atoms with van der Waals surface area (Å²) >= 11 is 0. The van der Waals surface area contributed by atoms with E-state index in [2.05, 4.69) is 5.32 Å². The molecule has 1 aromatic rings. The van der Waals surface area contributed by atoms with Crippen LogP contribution in [-0.4, -0.2) is 38.3 Å². The van der Waals surface area contributed by atoms with Crippen molar-refractivity contribution in [2.45, 2.75) is 18.9 Å². The molecule has 0 spiro atoms. The van der Waals surface area contributed by atoms with Crippen LogP contribution in [0.3, 0.4) is 0 Å². The van der Waals surface area contributed by atoms with E-state index in [9.17, 15) is 9.59 Å². The molecule has 2 rings (SSSR count). The number of anilines is 1. The van der Waals surface area contributed by atoms with Gasteiger partial charge in [-0.25, -0.2) is 4.79 Å². The molecule has 1 saturated heterocycles. The van der Waals surface area contributed by atoms with Gasteiger partial charge in [-0.1, -0.05) is 12.1 Å². The summed E-state index contributed by atoms with van der Waals surface area (Å²) in [6, 6.07) is 7.01. The van der Waals surface area contributed by atoms with Crippen LogP contribution in [-0.2, 0) is 19.1 Å². The van der Waals surface area contributed by atoms with E-state index >= 15 is 0 Å². The number of hydrogen-bond acceptors (Lipinski definition) is 5. The van der Waals surface area contributed by atoms with Gasteiger partial charge in [-0.2, -0.15) is 0 Å². The van der Waals surface area contributed by atoms with Gasteiger partial charge in [0.15, 0.2) is 12.7 Å². The molecular formula is C14H17NO5. The van der Waals surface area contributed by atoms with Crippen molar-refractivity contribution in [3.8, 4) is 5.75 Å². The van der Waals surface area contributed by atoms with E-state index in [1.807, 2.05) is 0 Å².